The topological polar surface area (TPSA) is 110 Å². The normalized spacial score (nSPS) is 33.9. The maximum atomic E-state index is 12.8. The molecule has 9 atom stereocenters. The molecule has 9 unspecified atom stereocenters. The van der Waals surface area contributed by atoms with Crippen LogP contribution >= 0.6 is 0 Å². The number of allylic oxidation sites excluding steroid dienone is 2. The Morgan fingerprint density at radius 3 is 2.31 bits per heavy atom. The minimum absolute atomic E-state index is 0.0197. The van der Waals surface area contributed by atoms with E-state index < -0.39 is 15.9 Å². The Morgan fingerprint density at radius 1 is 0.875 bits per heavy atom. The molecule has 48 heavy (non-hydrogen) atoms. The Bertz CT molecular complexity index is 1170. The predicted molar refractivity (Wildman–Crippen MR) is 194 cm³/mol. The first kappa shape index (κ1) is 39.4. The number of esters is 1. The lowest BCUT2D eigenvalue weighted by Gasteiger charge is -2.61. The Hall–Kier alpha value is -1.41. The molecule has 1 amide bonds. The van der Waals surface area contributed by atoms with Gasteiger partial charge in [0.2, 0.25) is 5.91 Å². The van der Waals surface area contributed by atoms with Gasteiger partial charge >= 0.3 is 5.97 Å². The number of carbonyl (C=O) groups is 2. The molecular formula is C40H69NO6S. The van der Waals surface area contributed by atoms with E-state index in [-0.39, 0.29) is 24.5 Å². The van der Waals surface area contributed by atoms with Crippen LogP contribution in [0.4, 0.5) is 0 Å². The van der Waals surface area contributed by atoms with E-state index in [4.69, 9.17) is 9.29 Å². The number of amides is 1. The van der Waals surface area contributed by atoms with Crippen LogP contribution in [-0.4, -0.2) is 43.2 Å². The van der Waals surface area contributed by atoms with Gasteiger partial charge in [0.05, 0.1) is 5.75 Å². The van der Waals surface area contributed by atoms with Crippen LogP contribution in [0.5, 0.6) is 0 Å². The molecule has 0 aromatic rings. The fourth-order valence-corrected chi connectivity index (χ4v) is 11.5. The van der Waals surface area contributed by atoms with E-state index in [1.165, 1.54) is 89.9 Å². The van der Waals surface area contributed by atoms with Crippen LogP contribution in [0.15, 0.2) is 12.2 Å². The highest BCUT2D eigenvalue weighted by Gasteiger charge is 2.60. The second kappa shape index (κ2) is 18.2. The molecule has 4 aliphatic rings. The molecule has 0 aromatic carbocycles. The molecule has 4 saturated carbocycles. The summed E-state index contributed by atoms with van der Waals surface area (Å²) in [5.74, 6) is 3.46. The quantitative estimate of drug-likeness (QED) is 0.0605. The fraction of sp³-hybridized carbons (Fsp3) is 0.900. The van der Waals surface area contributed by atoms with Gasteiger partial charge < -0.3 is 10.1 Å². The molecule has 0 saturated heterocycles. The van der Waals surface area contributed by atoms with Crippen molar-refractivity contribution in [3.63, 3.8) is 0 Å². The molecule has 8 heteroatoms. The second-order valence-electron chi connectivity index (χ2n) is 16.8. The molecule has 0 aromatic heterocycles. The molecule has 7 nitrogen and oxygen atoms in total. The number of nitrogens with one attached hydrogen (secondary N) is 1. The largest absolute Gasteiger partial charge is 0.462 e. The molecule has 0 bridgehead atoms. The summed E-state index contributed by atoms with van der Waals surface area (Å²) in [5.41, 5.74) is 0.672. The molecule has 0 aliphatic heterocycles. The van der Waals surface area contributed by atoms with Gasteiger partial charge in [-0.2, -0.15) is 8.42 Å². The van der Waals surface area contributed by atoms with Gasteiger partial charge in [-0.05, 0) is 136 Å². The summed E-state index contributed by atoms with van der Waals surface area (Å²) in [6.45, 7) is 9.63. The maximum Gasteiger partial charge on any atom is 0.306 e. The van der Waals surface area contributed by atoms with Crippen molar-refractivity contribution in [2.24, 2.45) is 46.3 Å². The molecule has 4 fully saturated rings. The van der Waals surface area contributed by atoms with Crippen molar-refractivity contribution in [2.45, 2.75) is 169 Å². The van der Waals surface area contributed by atoms with Crippen molar-refractivity contribution in [1.82, 2.24) is 5.32 Å². The standard InChI is InChI=1S/C40H69NO6S/c1-5-6-7-8-9-10-11-12-13-14-15-16-38(43)47-32-23-25-39(3)31(29-32)18-19-33-35-21-20-34(40(35,4)26-24-36(33)39)30(2)17-22-37(42)41-27-28-48(44,45)46/h8-9,30-36H,5-7,10-29H2,1-4H3,(H,41,42)(H,44,45,46)/b9-8-. The van der Waals surface area contributed by atoms with E-state index in [0.717, 1.165) is 49.9 Å². The van der Waals surface area contributed by atoms with Crippen molar-refractivity contribution in [3.8, 4) is 0 Å². The molecule has 2 N–H and O–H groups in total. The molecule has 0 heterocycles. The van der Waals surface area contributed by atoms with E-state index in [9.17, 15) is 18.0 Å². The van der Waals surface area contributed by atoms with Gasteiger partial charge in [-0.1, -0.05) is 72.0 Å². The number of hydrogen-bond acceptors (Lipinski definition) is 5. The maximum absolute atomic E-state index is 12.8. The van der Waals surface area contributed by atoms with Gasteiger partial charge in [0.15, 0.2) is 0 Å². The van der Waals surface area contributed by atoms with Crippen molar-refractivity contribution >= 4 is 22.0 Å². The van der Waals surface area contributed by atoms with Crippen LogP contribution in [0.2, 0.25) is 0 Å². The zero-order valence-electron chi connectivity index (χ0n) is 30.9. The van der Waals surface area contributed by atoms with E-state index in [1.807, 2.05) is 0 Å². The highest BCUT2D eigenvalue weighted by atomic mass is 32.2. The first-order valence-corrected chi connectivity index (χ1v) is 21.5. The molecule has 4 rings (SSSR count). The summed E-state index contributed by atoms with van der Waals surface area (Å²) in [5, 5.41) is 2.65. The second-order valence-corrected chi connectivity index (χ2v) is 18.4. The van der Waals surface area contributed by atoms with Crippen LogP contribution in [-0.2, 0) is 24.4 Å². The van der Waals surface area contributed by atoms with Gasteiger partial charge in [-0.3, -0.25) is 14.1 Å². The molecular weight excluding hydrogens is 623 g/mol. The van der Waals surface area contributed by atoms with Crippen LogP contribution in [0.1, 0.15) is 163 Å². The van der Waals surface area contributed by atoms with E-state index in [1.54, 1.807) is 0 Å². The average molecular weight is 692 g/mol. The summed E-state index contributed by atoms with van der Waals surface area (Å²) >= 11 is 0. The first-order valence-electron chi connectivity index (χ1n) is 19.9. The molecule has 0 radical (unpaired) electrons. The number of hydrogen-bond donors (Lipinski definition) is 2. The average Bonchev–Trinajstić information content (AvgIpc) is 3.39. The monoisotopic (exact) mass is 691 g/mol. The lowest BCUT2D eigenvalue weighted by molar-refractivity contribution is -0.162. The molecule has 276 valence electrons. The Balaban J connectivity index is 1.17. The van der Waals surface area contributed by atoms with Gasteiger partial charge in [0.1, 0.15) is 6.10 Å². The van der Waals surface area contributed by atoms with Crippen LogP contribution in [0.3, 0.4) is 0 Å². The first-order chi connectivity index (χ1) is 22.9. The Labute approximate surface area is 293 Å². The third-order valence-corrected chi connectivity index (χ3v) is 14.5. The SMILES string of the molecule is CCCC/C=C\CCCCCCCC(=O)OC1CCC2(C)C(CCC3C2CCC2(C)C(C(C)CCC(=O)NCCS(=O)(=O)O)CCC32)C1. The summed E-state index contributed by atoms with van der Waals surface area (Å²) in [6, 6.07) is 0. The molecule has 0 spiro atoms. The summed E-state index contributed by atoms with van der Waals surface area (Å²) in [7, 11) is -4.06. The van der Waals surface area contributed by atoms with Crippen LogP contribution in [0.25, 0.3) is 0 Å². The van der Waals surface area contributed by atoms with Crippen LogP contribution < -0.4 is 5.32 Å². The van der Waals surface area contributed by atoms with Crippen molar-refractivity contribution < 1.29 is 27.3 Å². The third-order valence-electron chi connectivity index (χ3n) is 13.8. The Kier molecular flexibility index (Phi) is 14.9. The van der Waals surface area contributed by atoms with Gasteiger partial charge in [-0.15, -0.1) is 0 Å². The van der Waals surface area contributed by atoms with Crippen molar-refractivity contribution in [1.29, 1.82) is 0 Å². The lowest BCUT2D eigenvalue weighted by Crippen LogP contribution is -2.54. The zero-order valence-corrected chi connectivity index (χ0v) is 31.7. The van der Waals surface area contributed by atoms with E-state index >= 15 is 0 Å². The third kappa shape index (κ3) is 10.6. The number of carbonyl (C=O) groups excluding carboxylic acids is 2. The summed E-state index contributed by atoms with van der Waals surface area (Å²) < 4.78 is 36.9. The smallest absolute Gasteiger partial charge is 0.306 e. The summed E-state index contributed by atoms with van der Waals surface area (Å²) in [6.07, 6.45) is 28.2. The van der Waals surface area contributed by atoms with E-state index in [2.05, 4.69) is 45.2 Å². The van der Waals surface area contributed by atoms with Crippen molar-refractivity contribution in [3.05, 3.63) is 12.2 Å². The number of ether oxygens (including phenoxy) is 1. The van der Waals surface area contributed by atoms with Gasteiger partial charge in [-0.25, -0.2) is 0 Å². The Morgan fingerprint density at radius 2 is 1.56 bits per heavy atom. The van der Waals surface area contributed by atoms with E-state index in [0.29, 0.717) is 41.4 Å². The fourth-order valence-electron chi connectivity index (χ4n) is 11.1. The lowest BCUT2D eigenvalue weighted by atomic mass is 9.44. The number of rotatable bonds is 19. The minimum atomic E-state index is -4.06. The highest BCUT2D eigenvalue weighted by Crippen LogP contribution is 2.68. The predicted octanol–water partition coefficient (Wildman–Crippen LogP) is 9.45. The summed E-state index contributed by atoms with van der Waals surface area (Å²) in [4.78, 5) is 25.1. The number of fused-ring (bicyclic) bond motifs is 5. The number of unbranched alkanes of at least 4 members (excludes halogenated alkanes) is 7. The van der Waals surface area contributed by atoms with Crippen LogP contribution in [0, 0.1) is 46.3 Å². The van der Waals surface area contributed by atoms with Gasteiger partial charge in [0.25, 0.3) is 10.1 Å². The zero-order chi connectivity index (χ0) is 34.8. The molecule has 4 aliphatic carbocycles. The van der Waals surface area contributed by atoms with Crippen molar-refractivity contribution in [2.75, 3.05) is 12.3 Å². The highest BCUT2D eigenvalue weighted by molar-refractivity contribution is 7.85. The van der Waals surface area contributed by atoms with Gasteiger partial charge in [0, 0.05) is 19.4 Å². The minimum Gasteiger partial charge on any atom is -0.462 e.